The minimum atomic E-state index is 0.456. The van der Waals surface area contributed by atoms with E-state index in [1.807, 2.05) is 18.2 Å². The van der Waals surface area contributed by atoms with Crippen molar-refractivity contribution in [1.29, 1.82) is 0 Å². The standard InChI is InChI=1S/C14H17NO2S/c1-16-11-7-8-12-13(9-11)18-14(17-12)15-10-5-3-2-4-6-10/h7-10H,2-6H2,1H3. The van der Waals surface area contributed by atoms with E-state index in [1.54, 1.807) is 18.4 Å². The lowest BCUT2D eigenvalue weighted by Crippen LogP contribution is -2.12. The largest absolute Gasteiger partial charge is 0.497 e. The van der Waals surface area contributed by atoms with Gasteiger partial charge in [-0.3, -0.25) is 0 Å². The highest BCUT2D eigenvalue weighted by molar-refractivity contribution is 7.16. The van der Waals surface area contributed by atoms with Crippen molar-refractivity contribution in [2.75, 3.05) is 7.11 Å². The topological polar surface area (TPSA) is 34.7 Å². The molecule has 0 saturated heterocycles. The van der Waals surface area contributed by atoms with Crippen LogP contribution < -0.4 is 9.60 Å². The summed E-state index contributed by atoms with van der Waals surface area (Å²) in [6.07, 6.45) is 6.35. The van der Waals surface area contributed by atoms with Gasteiger partial charge in [-0.15, -0.1) is 0 Å². The highest BCUT2D eigenvalue weighted by Crippen LogP contribution is 2.24. The number of hydrogen-bond donors (Lipinski definition) is 0. The van der Waals surface area contributed by atoms with Crippen molar-refractivity contribution in [2.45, 2.75) is 38.1 Å². The van der Waals surface area contributed by atoms with Crippen LogP contribution in [0.15, 0.2) is 27.6 Å². The van der Waals surface area contributed by atoms with E-state index in [4.69, 9.17) is 14.1 Å². The number of methoxy groups -OCH3 is 1. The van der Waals surface area contributed by atoms with Crippen molar-refractivity contribution in [3.05, 3.63) is 23.1 Å². The molecule has 0 spiro atoms. The maximum atomic E-state index is 5.77. The van der Waals surface area contributed by atoms with Gasteiger partial charge in [-0.1, -0.05) is 30.6 Å². The molecular formula is C14H17NO2S. The summed E-state index contributed by atoms with van der Waals surface area (Å²) in [7, 11) is 1.68. The second kappa shape index (κ2) is 5.14. The predicted octanol–water partition coefficient (Wildman–Crippen LogP) is 3.74. The summed E-state index contributed by atoms with van der Waals surface area (Å²) in [5, 5.41) is 0. The van der Waals surface area contributed by atoms with E-state index in [2.05, 4.69) is 0 Å². The van der Waals surface area contributed by atoms with Crippen LogP contribution in [-0.2, 0) is 0 Å². The third kappa shape index (κ3) is 2.43. The van der Waals surface area contributed by atoms with Crippen molar-refractivity contribution in [3.8, 4) is 5.75 Å². The summed E-state index contributed by atoms with van der Waals surface area (Å²) < 4.78 is 12.1. The SMILES string of the molecule is COc1ccc2oc(=NC3CCCCC3)sc2c1. The Kier molecular flexibility index (Phi) is 3.37. The second-order valence-corrected chi connectivity index (χ2v) is 5.70. The van der Waals surface area contributed by atoms with E-state index in [1.165, 1.54) is 32.1 Å². The lowest BCUT2D eigenvalue weighted by molar-refractivity contribution is 0.414. The minimum Gasteiger partial charge on any atom is -0.497 e. The van der Waals surface area contributed by atoms with Gasteiger partial charge in [0.1, 0.15) is 11.3 Å². The molecule has 18 heavy (non-hydrogen) atoms. The monoisotopic (exact) mass is 263 g/mol. The van der Waals surface area contributed by atoms with Crippen LogP contribution in [0.25, 0.3) is 10.3 Å². The Hall–Kier alpha value is -1.29. The number of hydrogen-bond acceptors (Lipinski definition) is 4. The quantitative estimate of drug-likeness (QED) is 0.827. The average molecular weight is 263 g/mol. The molecule has 3 nitrogen and oxygen atoms in total. The predicted molar refractivity (Wildman–Crippen MR) is 73.1 cm³/mol. The smallest absolute Gasteiger partial charge is 0.274 e. The first-order valence-corrected chi connectivity index (χ1v) is 7.28. The van der Waals surface area contributed by atoms with Crippen LogP contribution in [0.1, 0.15) is 32.1 Å². The van der Waals surface area contributed by atoms with Crippen LogP contribution >= 0.6 is 11.3 Å². The summed E-state index contributed by atoms with van der Waals surface area (Å²) in [6.45, 7) is 0. The van der Waals surface area contributed by atoms with Crippen molar-refractivity contribution in [2.24, 2.45) is 4.99 Å². The van der Waals surface area contributed by atoms with Gasteiger partial charge in [-0.2, -0.15) is 0 Å². The van der Waals surface area contributed by atoms with E-state index in [0.717, 1.165) is 20.9 Å². The van der Waals surface area contributed by atoms with Crippen LogP contribution in [0.3, 0.4) is 0 Å². The normalized spacial score (nSPS) is 18.4. The highest BCUT2D eigenvalue weighted by Gasteiger charge is 2.12. The van der Waals surface area contributed by atoms with Gasteiger partial charge in [0, 0.05) is 6.07 Å². The van der Waals surface area contributed by atoms with Crippen LogP contribution in [0.5, 0.6) is 5.75 Å². The van der Waals surface area contributed by atoms with Gasteiger partial charge in [-0.05, 0) is 25.0 Å². The number of rotatable bonds is 2. The zero-order chi connectivity index (χ0) is 12.4. The molecule has 1 fully saturated rings. The highest BCUT2D eigenvalue weighted by atomic mass is 32.1. The maximum Gasteiger partial charge on any atom is 0.274 e. The number of nitrogens with zero attached hydrogens (tertiary/aromatic N) is 1. The average Bonchev–Trinajstić information content (AvgIpc) is 2.80. The van der Waals surface area contributed by atoms with Crippen molar-refractivity contribution < 1.29 is 9.15 Å². The number of benzene rings is 1. The molecule has 0 aliphatic heterocycles. The molecule has 1 aliphatic rings. The summed E-state index contributed by atoms with van der Waals surface area (Å²) in [5.41, 5.74) is 0.898. The van der Waals surface area contributed by atoms with Gasteiger partial charge in [0.05, 0.1) is 17.9 Å². The number of fused-ring (bicyclic) bond motifs is 1. The van der Waals surface area contributed by atoms with Gasteiger partial charge in [0.15, 0.2) is 0 Å². The first kappa shape index (κ1) is 11.8. The zero-order valence-electron chi connectivity index (χ0n) is 10.5. The molecular weight excluding hydrogens is 246 g/mol. The third-order valence-corrected chi connectivity index (χ3v) is 4.31. The van der Waals surface area contributed by atoms with Gasteiger partial charge in [0.2, 0.25) is 0 Å². The van der Waals surface area contributed by atoms with Crippen LogP contribution in [-0.4, -0.2) is 13.2 Å². The second-order valence-electron chi connectivity index (χ2n) is 4.70. The summed E-state index contributed by atoms with van der Waals surface area (Å²) in [6, 6.07) is 6.33. The summed E-state index contributed by atoms with van der Waals surface area (Å²) in [5.74, 6) is 0.865. The molecule has 96 valence electrons. The minimum absolute atomic E-state index is 0.456. The first-order chi connectivity index (χ1) is 8.85. The van der Waals surface area contributed by atoms with Gasteiger partial charge in [0.25, 0.3) is 4.87 Å². The fourth-order valence-electron chi connectivity index (χ4n) is 2.40. The van der Waals surface area contributed by atoms with E-state index in [0.29, 0.717) is 6.04 Å². The van der Waals surface area contributed by atoms with Gasteiger partial charge < -0.3 is 9.15 Å². The Balaban J connectivity index is 1.94. The van der Waals surface area contributed by atoms with Crippen molar-refractivity contribution in [3.63, 3.8) is 0 Å². The fourth-order valence-corrected chi connectivity index (χ4v) is 3.31. The molecule has 2 aromatic rings. The van der Waals surface area contributed by atoms with Crippen molar-refractivity contribution >= 4 is 21.6 Å². The first-order valence-electron chi connectivity index (χ1n) is 6.47. The molecule has 0 radical (unpaired) electrons. The molecule has 0 atom stereocenters. The molecule has 1 heterocycles. The summed E-state index contributed by atoms with van der Waals surface area (Å²) in [4.78, 5) is 5.52. The molecule has 1 aromatic carbocycles. The fraction of sp³-hybridized carbons (Fsp3) is 0.500. The third-order valence-electron chi connectivity index (χ3n) is 3.41. The van der Waals surface area contributed by atoms with Crippen LogP contribution in [0.2, 0.25) is 0 Å². The Morgan fingerprint density at radius 3 is 2.89 bits per heavy atom. The molecule has 0 N–H and O–H groups in total. The van der Waals surface area contributed by atoms with Crippen LogP contribution in [0, 0.1) is 0 Å². The zero-order valence-corrected chi connectivity index (χ0v) is 11.3. The molecule has 3 rings (SSSR count). The Morgan fingerprint density at radius 1 is 1.28 bits per heavy atom. The van der Waals surface area contributed by atoms with E-state index >= 15 is 0 Å². The summed E-state index contributed by atoms with van der Waals surface area (Å²) >= 11 is 1.61. The lowest BCUT2D eigenvalue weighted by atomic mass is 9.96. The Bertz CT molecular complexity index is 593. The molecule has 0 amide bonds. The molecule has 1 saturated carbocycles. The van der Waals surface area contributed by atoms with E-state index < -0.39 is 0 Å². The van der Waals surface area contributed by atoms with E-state index in [9.17, 15) is 0 Å². The van der Waals surface area contributed by atoms with Crippen molar-refractivity contribution in [1.82, 2.24) is 0 Å². The van der Waals surface area contributed by atoms with Gasteiger partial charge in [-0.25, -0.2) is 4.99 Å². The molecule has 0 bridgehead atoms. The number of ether oxygens (including phenoxy) is 1. The molecule has 0 unspecified atom stereocenters. The van der Waals surface area contributed by atoms with Gasteiger partial charge >= 0.3 is 0 Å². The molecule has 1 aromatic heterocycles. The Morgan fingerprint density at radius 2 is 2.11 bits per heavy atom. The Labute approximate surface area is 110 Å². The molecule has 4 heteroatoms. The molecule has 1 aliphatic carbocycles. The lowest BCUT2D eigenvalue weighted by Gasteiger charge is -2.15. The maximum absolute atomic E-state index is 5.77. The van der Waals surface area contributed by atoms with Crippen LogP contribution in [0.4, 0.5) is 0 Å². The van der Waals surface area contributed by atoms with E-state index in [-0.39, 0.29) is 0 Å².